The molecule has 0 spiro atoms. The predicted molar refractivity (Wildman–Crippen MR) is 54.6 cm³/mol. The van der Waals surface area contributed by atoms with Gasteiger partial charge in [-0.25, -0.2) is 4.99 Å². The quantitative estimate of drug-likeness (QED) is 0.474. The van der Waals surface area contributed by atoms with Crippen LogP contribution in [-0.4, -0.2) is 5.17 Å². The molecule has 0 saturated heterocycles. The molecule has 0 heterocycles. The average Bonchev–Trinajstić information content (AvgIpc) is 1.85. The molecular formula is C5H5Cl2IN2. The lowest BCUT2D eigenvalue weighted by atomic mass is 10.6. The van der Waals surface area contributed by atoms with E-state index in [1.54, 1.807) is 0 Å². The Morgan fingerprint density at radius 1 is 1.60 bits per heavy atom. The summed E-state index contributed by atoms with van der Waals surface area (Å²) in [6, 6.07) is 0. The maximum atomic E-state index is 5.58. The molecule has 0 atom stereocenters. The summed E-state index contributed by atoms with van der Waals surface area (Å²) >= 11 is 12.8. The van der Waals surface area contributed by atoms with Crippen molar-refractivity contribution in [1.82, 2.24) is 0 Å². The van der Waals surface area contributed by atoms with Gasteiger partial charge in [-0.2, -0.15) is 0 Å². The highest BCUT2D eigenvalue weighted by Crippen LogP contribution is 2.13. The van der Waals surface area contributed by atoms with Gasteiger partial charge in [0.1, 0.15) is 10.3 Å². The first-order valence-corrected chi connectivity index (χ1v) is 4.07. The summed E-state index contributed by atoms with van der Waals surface area (Å²) in [5.41, 5.74) is 5.14. The fraction of sp³-hybridized carbons (Fsp3) is 0. The van der Waals surface area contributed by atoms with Crippen molar-refractivity contribution in [3.63, 3.8) is 0 Å². The monoisotopic (exact) mass is 290 g/mol. The van der Waals surface area contributed by atoms with E-state index < -0.39 is 0 Å². The zero-order valence-electron chi connectivity index (χ0n) is 4.94. The van der Waals surface area contributed by atoms with Crippen LogP contribution in [0.2, 0.25) is 0 Å². The molecule has 0 radical (unpaired) electrons. The van der Waals surface area contributed by atoms with Crippen LogP contribution < -0.4 is 5.73 Å². The van der Waals surface area contributed by atoms with Crippen molar-refractivity contribution in [2.24, 2.45) is 10.7 Å². The molecule has 56 valence electrons. The molecule has 0 aromatic rings. The Morgan fingerprint density at radius 2 is 2.10 bits per heavy atom. The van der Waals surface area contributed by atoms with Crippen LogP contribution in [0.3, 0.4) is 0 Å². The van der Waals surface area contributed by atoms with Crippen molar-refractivity contribution in [2.75, 3.05) is 0 Å². The van der Waals surface area contributed by atoms with Gasteiger partial charge in [-0.15, -0.1) is 0 Å². The van der Waals surface area contributed by atoms with Crippen molar-refractivity contribution >= 4 is 51.0 Å². The summed E-state index contributed by atoms with van der Waals surface area (Å²) in [6.45, 7) is 3.33. The van der Waals surface area contributed by atoms with E-state index in [0.29, 0.717) is 3.58 Å². The van der Waals surface area contributed by atoms with Crippen LogP contribution >= 0.6 is 45.8 Å². The van der Waals surface area contributed by atoms with Crippen molar-refractivity contribution < 1.29 is 0 Å². The van der Waals surface area contributed by atoms with Gasteiger partial charge < -0.3 is 5.73 Å². The van der Waals surface area contributed by atoms with Crippen LogP contribution in [0.4, 0.5) is 0 Å². The zero-order chi connectivity index (χ0) is 8.15. The highest BCUT2D eigenvalue weighted by atomic mass is 127. The lowest BCUT2D eigenvalue weighted by Crippen LogP contribution is -1.90. The molecule has 5 heteroatoms. The molecule has 10 heavy (non-hydrogen) atoms. The fourth-order valence-corrected chi connectivity index (χ4v) is 0.642. The van der Waals surface area contributed by atoms with E-state index in [1.807, 2.05) is 22.6 Å². The smallest absolute Gasteiger partial charge is 0.145 e. The maximum absolute atomic E-state index is 5.58. The summed E-state index contributed by atoms with van der Waals surface area (Å²) in [7, 11) is 0. The Morgan fingerprint density at radius 3 is 2.40 bits per heavy atom. The predicted octanol–water partition coefficient (Wildman–Crippen LogP) is 2.57. The van der Waals surface area contributed by atoms with Gasteiger partial charge in [0.15, 0.2) is 0 Å². The Kier molecular flexibility index (Phi) is 5.11. The fourth-order valence-electron chi connectivity index (χ4n) is 0.229. The van der Waals surface area contributed by atoms with Gasteiger partial charge in [-0.1, -0.05) is 29.8 Å². The molecule has 0 aliphatic rings. The standard InChI is InChI=1S/C5H5Cl2IN2/c1-3(6)10-5(7)4(8)2-9/h2H,1,9H2/b4-2+,10-5+. The highest BCUT2D eigenvalue weighted by Gasteiger charge is 1.97. The van der Waals surface area contributed by atoms with Gasteiger partial charge in [0, 0.05) is 6.20 Å². The van der Waals surface area contributed by atoms with Crippen LogP contribution in [0.1, 0.15) is 0 Å². The molecular weight excluding hydrogens is 286 g/mol. The van der Waals surface area contributed by atoms with E-state index in [0.717, 1.165) is 0 Å². The van der Waals surface area contributed by atoms with Gasteiger partial charge in [-0.05, 0) is 22.6 Å². The molecule has 0 fully saturated rings. The second-order valence-corrected chi connectivity index (χ2v) is 3.25. The molecule has 0 saturated carbocycles. The molecule has 0 aliphatic heterocycles. The van der Waals surface area contributed by atoms with Crippen LogP contribution in [0, 0.1) is 0 Å². The molecule has 0 unspecified atom stereocenters. The molecule has 0 bridgehead atoms. The first-order chi connectivity index (χ1) is 4.57. The summed E-state index contributed by atoms with van der Waals surface area (Å²) in [4.78, 5) is 3.65. The van der Waals surface area contributed by atoms with Crippen LogP contribution in [0.15, 0.2) is 26.5 Å². The first kappa shape index (κ1) is 10.3. The largest absolute Gasteiger partial charge is 0.404 e. The van der Waals surface area contributed by atoms with Crippen molar-refractivity contribution in [1.29, 1.82) is 0 Å². The Bertz CT molecular complexity index is 198. The van der Waals surface area contributed by atoms with E-state index in [4.69, 9.17) is 28.9 Å². The lowest BCUT2D eigenvalue weighted by Gasteiger charge is -1.91. The summed E-state index contributed by atoms with van der Waals surface area (Å²) < 4.78 is 0.640. The Hall–Kier alpha value is 0.260. The topological polar surface area (TPSA) is 38.4 Å². The Labute approximate surface area is 82.9 Å². The lowest BCUT2D eigenvalue weighted by molar-refractivity contribution is 1.54. The third kappa shape index (κ3) is 4.14. The highest BCUT2D eigenvalue weighted by molar-refractivity contribution is 14.1. The van der Waals surface area contributed by atoms with E-state index in [-0.39, 0.29) is 10.3 Å². The van der Waals surface area contributed by atoms with Crippen molar-refractivity contribution in [2.45, 2.75) is 0 Å². The molecule has 0 aromatic heterocycles. The number of hydrogen-bond donors (Lipinski definition) is 1. The molecule has 2 nitrogen and oxygen atoms in total. The van der Waals surface area contributed by atoms with Gasteiger partial charge in [0.25, 0.3) is 0 Å². The number of nitrogens with two attached hydrogens (primary N) is 1. The van der Waals surface area contributed by atoms with E-state index in [2.05, 4.69) is 11.6 Å². The SMILES string of the molecule is C=C(Cl)/N=C(Cl)\C(I)=C/N. The van der Waals surface area contributed by atoms with Gasteiger partial charge in [0.2, 0.25) is 0 Å². The van der Waals surface area contributed by atoms with Crippen LogP contribution in [0.5, 0.6) is 0 Å². The summed E-state index contributed by atoms with van der Waals surface area (Å²) in [5, 5.41) is 0.393. The second kappa shape index (κ2) is 4.98. The normalized spacial score (nSPS) is 13.5. The minimum Gasteiger partial charge on any atom is -0.404 e. The molecule has 0 amide bonds. The third-order valence-corrected chi connectivity index (χ3v) is 2.12. The van der Waals surface area contributed by atoms with Crippen molar-refractivity contribution in [3.05, 3.63) is 21.5 Å². The van der Waals surface area contributed by atoms with E-state index in [9.17, 15) is 0 Å². The minimum atomic E-state index is 0.140. The van der Waals surface area contributed by atoms with E-state index in [1.165, 1.54) is 6.20 Å². The van der Waals surface area contributed by atoms with Crippen LogP contribution in [-0.2, 0) is 0 Å². The molecule has 0 aromatic carbocycles. The summed E-state index contributed by atoms with van der Waals surface area (Å²) in [5.74, 6) is 0. The zero-order valence-corrected chi connectivity index (χ0v) is 8.61. The maximum Gasteiger partial charge on any atom is 0.145 e. The minimum absolute atomic E-state index is 0.140. The summed E-state index contributed by atoms with van der Waals surface area (Å²) in [6.07, 6.45) is 1.34. The molecule has 0 rings (SSSR count). The number of hydrogen-bond acceptors (Lipinski definition) is 2. The molecule has 2 N–H and O–H groups in total. The van der Waals surface area contributed by atoms with Gasteiger partial charge in [-0.3, -0.25) is 0 Å². The number of aliphatic imine (C=N–C) groups is 1. The van der Waals surface area contributed by atoms with Gasteiger partial charge in [0.05, 0.1) is 3.58 Å². The van der Waals surface area contributed by atoms with Gasteiger partial charge >= 0.3 is 0 Å². The number of halogens is 3. The van der Waals surface area contributed by atoms with Crippen molar-refractivity contribution in [3.8, 4) is 0 Å². The number of nitrogens with zero attached hydrogens (tertiary/aromatic N) is 1. The number of rotatable bonds is 2. The number of allylic oxidation sites excluding steroid dienone is 1. The van der Waals surface area contributed by atoms with Crippen LogP contribution in [0.25, 0.3) is 0 Å². The van der Waals surface area contributed by atoms with E-state index >= 15 is 0 Å². The molecule has 0 aliphatic carbocycles. The Balaban J connectivity index is 4.35. The third-order valence-electron chi connectivity index (χ3n) is 0.563. The first-order valence-electron chi connectivity index (χ1n) is 2.24. The second-order valence-electron chi connectivity index (χ2n) is 1.29. The average molecular weight is 291 g/mol.